The summed E-state index contributed by atoms with van der Waals surface area (Å²) in [6.45, 7) is 2.84. The molecule has 0 aliphatic heterocycles. The number of aromatic nitrogens is 3. The Morgan fingerprint density at radius 1 is 1.30 bits per heavy atom. The minimum atomic E-state index is -0.807. The predicted molar refractivity (Wildman–Crippen MR) is 73.6 cm³/mol. The average Bonchev–Trinajstić information content (AvgIpc) is 3.21. The van der Waals surface area contributed by atoms with Gasteiger partial charge in [-0.05, 0) is 25.8 Å². The van der Waals surface area contributed by atoms with Gasteiger partial charge in [-0.2, -0.15) is 0 Å². The third kappa shape index (κ3) is 2.57. The van der Waals surface area contributed by atoms with Crippen LogP contribution in [0.4, 0.5) is 8.78 Å². The lowest BCUT2D eigenvalue weighted by molar-refractivity contribution is 0.502. The molecule has 1 aliphatic carbocycles. The van der Waals surface area contributed by atoms with Gasteiger partial charge in [-0.25, -0.2) is 8.78 Å². The Hall–Kier alpha value is -1.43. The molecule has 0 amide bonds. The van der Waals surface area contributed by atoms with Crippen LogP contribution < -0.4 is 0 Å². The first-order valence-corrected chi connectivity index (χ1v) is 7.68. The van der Waals surface area contributed by atoms with Crippen molar-refractivity contribution >= 4 is 11.8 Å². The van der Waals surface area contributed by atoms with Crippen LogP contribution in [0.3, 0.4) is 0 Å². The van der Waals surface area contributed by atoms with Gasteiger partial charge < -0.3 is 4.57 Å². The smallest absolute Gasteiger partial charge is 0.191 e. The van der Waals surface area contributed by atoms with E-state index in [9.17, 15) is 8.78 Å². The SMILES string of the molecule is CCn1c(SCc2cccc(F)c2F)nnc1C1CC1. The first-order valence-electron chi connectivity index (χ1n) is 6.69. The van der Waals surface area contributed by atoms with Gasteiger partial charge >= 0.3 is 0 Å². The fourth-order valence-electron chi connectivity index (χ4n) is 2.15. The number of hydrogen-bond donors (Lipinski definition) is 0. The molecule has 1 fully saturated rings. The number of thioether (sulfide) groups is 1. The monoisotopic (exact) mass is 295 g/mol. The fourth-order valence-corrected chi connectivity index (χ4v) is 3.13. The Kier molecular flexibility index (Phi) is 3.74. The Balaban J connectivity index is 1.76. The first-order chi connectivity index (χ1) is 9.70. The van der Waals surface area contributed by atoms with E-state index in [2.05, 4.69) is 14.8 Å². The second-order valence-corrected chi connectivity index (χ2v) is 5.80. The van der Waals surface area contributed by atoms with Crippen LogP contribution in [0.5, 0.6) is 0 Å². The van der Waals surface area contributed by atoms with Gasteiger partial charge in [0.15, 0.2) is 16.8 Å². The van der Waals surface area contributed by atoms with Crippen LogP contribution in [0, 0.1) is 11.6 Å². The maximum absolute atomic E-state index is 13.6. The normalized spacial score (nSPS) is 14.8. The zero-order chi connectivity index (χ0) is 14.1. The molecular formula is C14H15F2N3S. The van der Waals surface area contributed by atoms with Gasteiger partial charge in [-0.1, -0.05) is 23.9 Å². The molecule has 0 saturated heterocycles. The zero-order valence-electron chi connectivity index (χ0n) is 11.1. The number of benzene rings is 1. The van der Waals surface area contributed by atoms with E-state index in [4.69, 9.17) is 0 Å². The lowest BCUT2D eigenvalue weighted by atomic mass is 10.2. The molecule has 1 aliphatic rings. The number of nitrogens with zero attached hydrogens (tertiary/aromatic N) is 3. The van der Waals surface area contributed by atoms with E-state index < -0.39 is 11.6 Å². The van der Waals surface area contributed by atoms with Crippen molar-refractivity contribution in [3.63, 3.8) is 0 Å². The van der Waals surface area contributed by atoms with E-state index in [0.29, 0.717) is 17.2 Å². The van der Waals surface area contributed by atoms with E-state index >= 15 is 0 Å². The van der Waals surface area contributed by atoms with Gasteiger partial charge in [0, 0.05) is 23.8 Å². The molecule has 0 N–H and O–H groups in total. The third-order valence-electron chi connectivity index (χ3n) is 3.39. The Labute approximate surface area is 120 Å². The largest absolute Gasteiger partial charge is 0.306 e. The van der Waals surface area contributed by atoms with Gasteiger partial charge in [-0.15, -0.1) is 10.2 Å². The topological polar surface area (TPSA) is 30.7 Å². The zero-order valence-corrected chi connectivity index (χ0v) is 12.0. The molecule has 0 spiro atoms. The summed E-state index contributed by atoms with van der Waals surface area (Å²) in [5, 5.41) is 9.18. The summed E-state index contributed by atoms with van der Waals surface area (Å²) in [5.41, 5.74) is 0.355. The van der Waals surface area contributed by atoms with Crippen molar-refractivity contribution < 1.29 is 8.78 Å². The maximum Gasteiger partial charge on any atom is 0.191 e. The van der Waals surface area contributed by atoms with E-state index in [1.807, 2.05) is 6.92 Å². The summed E-state index contributed by atoms with van der Waals surface area (Å²) in [4.78, 5) is 0. The van der Waals surface area contributed by atoms with Crippen LogP contribution in [0.25, 0.3) is 0 Å². The summed E-state index contributed by atoms with van der Waals surface area (Å²) in [6.07, 6.45) is 2.34. The lowest BCUT2D eigenvalue weighted by Gasteiger charge is -2.07. The number of hydrogen-bond acceptors (Lipinski definition) is 3. The van der Waals surface area contributed by atoms with Crippen molar-refractivity contribution in [1.82, 2.24) is 14.8 Å². The summed E-state index contributed by atoms with van der Waals surface area (Å²) < 4.78 is 28.8. The van der Waals surface area contributed by atoms with Crippen molar-refractivity contribution in [2.75, 3.05) is 0 Å². The molecule has 20 heavy (non-hydrogen) atoms. The van der Waals surface area contributed by atoms with Crippen LogP contribution in [-0.2, 0) is 12.3 Å². The molecule has 106 valence electrons. The van der Waals surface area contributed by atoms with E-state index in [1.54, 1.807) is 6.07 Å². The van der Waals surface area contributed by atoms with Gasteiger partial charge in [0.25, 0.3) is 0 Å². The van der Waals surface area contributed by atoms with Gasteiger partial charge in [-0.3, -0.25) is 0 Å². The second-order valence-electron chi connectivity index (χ2n) is 4.86. The summed E-state index contributed by atoms with van der Waals surface area (Å²) in [7, 11) is 0. The molecule has 1 saturated carbocycles. The highest BCUT2D eigenvalue weighted by Crippen LogP contribution is 2.40. The molecule has 0 radical (unpaired) electrons. The van der Waals surface area contributed by atoms with Crippen LogP contribution in [0.15, 0.2) is 23.4 Å². The highest BCUT2D eigenvalue weighted by molar-refractivity contribution is 7.98. The lowest BCUT2D eigenvalue weighted by Crippen LogP contribution is -2.02. The minimum absolute atomic E-state index is 0.354. The van der Waals surface area contributed by atoms with E-state index in [1.165, 1.54) is 30.7 Å². The quantitative estimate of drug-likeness (QED) is 0.787. The van der Waals surface area contributed by atoms with E-state index in [-0.39, 0.29) is 0 Å². The number of rotatable bonds is 5. The van der Waals surface area contributed by atoms with Gasteiger partial charge in [0.05, 0.1) is 0 Å². The summed E-state index contributed by atoms with van der Waals surface area (Å²) >= 11 is 1.40. The molecule has 0 atom stereocenters. The second kappa shape index (κ2) is 5.52. The standard InChI is InChI=1S/C14H15F2N3S/c1-2-19-13(9-6-7-9)17-18-14(19)20-8-10-4-3-5-11(15)12(10)16/h3-5,9H,2,6-8H2,1H3. The molecule has 1 heterocycles. The average molecular weight is 295 g/mol. The molecule has 3 rings (SSSR count). The maximum atomic E-state index is 13.6. The van der Waals surface area contributed by atoms with Crippen molar-refractivity contribution in [2.24, 2.45) is 0 Å². The summed E-state index contributed by atoms with van der Waals surface area (Å²) in [6, 6.07) is 4.25. The third-order valence-corrected chi connectivity index (χ3v) is 4.41. The molecule has 3 nitrogen and oxygen atoms in total. The minimum Gasteiger partial charge on any atom is -0.306 e. The van der Waals surface area contributed by atoms with Crippen LogP contribution in [0.1, 0.15) is 37.1 Å². The van der Waals surface area contributed by atoms with Crippen molar-refractivity contribution in [3.05, 3.63) is 41.2 Å². The summed E-state index contributed by atoms with van der Waals surface area (Å²) in [5.74, 6) is 0.327. The van der Waals surface area contributed by atoms with Crippen LogP contribution in [-0.4, -0.2) is 14.8 Å². The highest BCUT2D eigenvalue weighted by Gasteiger charge is 2.29. The predicted octanol–water partition coefficient (Wildman–Crippen LogP) is 3.75. The fraction of sp³-hybridized carbons (Fsp3) is 0.429. The van der Waals surface area contributed by atoms with Crippen molar-refractivity contribution in [2.45, 2.75) is 43.1 Å². The Bertz CT molecular complexity index is 623. The molecule has 1 aromatic carbocycles. The molecule has 1 aromatic heterocycles. The Morgan fingerprint density at radius 3 is 2.80 bits per heavy atom. The highest BCUT2D eigenvalue weighted by atomic mass is 32.2. The van der Waals surface area contributed by atoms with Crippen LogP contribution in [0.2, 0.25) is 0 Å². The van der Waals surface area contributed by atoms with Gasteiger partial charge in [0.2, 0.25) is 0 Å². The van der Waals surface area contributed by atoms with Crippen molar-refractivity contribution in [3.8, 4) is 0 Å². The van der Waals surface area contributed by atoms with Crippen LogP contribution >= 0.6 is 11.8 Å². The molecule has 6 heteroatoms. The molecule has 2 aromatic rings. The van der Waals surface area contributed by atoms with E-state index in [0.717, 1.165) is 23.6 Å². The molecular weight excluding hydrogens is 280 g/mol. The Morgan fingerprint density at radius 2 is 2.10 bits per heavy atom. The molecule has 0 unspecified atom stereocenters. The first kappa shape index (κ1) is 13.5. The van der Waals surface area contributed by atoms with Gasteiger partial charge in [0.1, 0.15) is 5.82 Å². The molecule has 0 bridgehead atoms. The van der Waals surface area contributed by atoms with Crippen molar-refractivity contribution in [1.29, 1.82) is 0 Å². The number of halogens is 2.